The van der Waals surface area contributed by atoms with Gasteiger partial charge in [-0.15, -0.1) is 0 Å². The van der Waals surface area contributed by atoms with Gasteiger partial charge in [-0.2, -0.15) is 0 Å². The van der Waals surface area contributed by atoms with Gasteiger partial charge >= 0.3 is 5.97 Å². The lowest BCUT2D eigenvalue weighted by Crippen LogP contribution is -2.41. The lowest BCUT2D eigenvalue weighted by atomic mass is 9.83. The molecular weight excluding hydrogens is 242 g/mol. The van der Waals surface area contributed by atoms with Crippen LogP contribution in [0.4, 0.5) is 0 Å². The van der Waals surface area contributed by atoms with Gasteiger partial charge in [-0.05, 0) is 66.3 Å². The maximum absolute atomic E-state index is 11.9. The molecule has 0 spiro atoms. The quantitative estimate of drug-likeness (QED) is 0.798. The highest BCUT2D eigenvalue weighted by Gasteiger charge is 2.35. The third-order valence-electron chi connectivity index (χ3n) is 3.23. The Morgan fingerprint density at radius 2 is 2.05 bits per heavy atom. The van der Waals surface area contributed by atoms with Crippen LogP contribution in [0.5, 0.6) is 0 Å². The summed E-state index contributed by atoms with van der Waals surface area (Å²) in [4.78, 5) is 11.9. The minimum atomic E-state index is -0.408. The molecule has 1 rings (SSSR count). The van der Waals surface area contributed by atoms with E-state index in [1.807, 2.05) is 20.8 Å². The summed E-state index contributed by atoms with van der Waals surface area (Å²) in [5, 5.41) is 0. The molecule has 1 aliphatic heterocycles. The van der Waals surface area contributed by atoms with Gasteiger partial charge in [0.15, 0.2) is 0 Å². The number of carbonyl (C=O) groups excluding carboxylic acids is 1. The molecule has 2 atom stereocenters. The molecule has 1 fully saturated rings. The third-order valence-corrected chi connectivity index (χ3v) is 3.23. The van der Waals surface area contributed by atoms with Gasteiger partial charge in [0.05, 0.1) is 11.7 Å². The Hall–Kier alpha value is -0.610. The number of esters is 1. The Morgan fingerprint density at radius 1 is 1.42 bits per heavy atom. The summed E-state index contributed by atoms with van der Waals surface area (Å²) >= 11 is 0. The minimum Gasteiger partial charge on any atom is -0.460 e. The molecule has 0 aromatic heterocycles. The van der Waals surface area contributed by atoms with Crippen LogP contribution in [0.15, 0.2) is 0 Å². The second-order valence-corrected chi connectivity index (χ2v) is 7.17. The van der Waals surface area contributed by atoms with E-state index in [1.165, 1.54) is 0 Å². The van der Waals surface area contributed by atoms with Crippen LogP contribution in [-0.2, 0) is 14.3 Å². The fourth-order valence-corrected chi connectivity index (χ4v) is 2.83. The number of nitrogens with two attached hydrogens (primary N) is 1. The summed E-state index contributed by atoms with van der Waals surface area (Å²) in [6.45, 7) is 10.5. The van der Waals surface area contributed by atoms with Gasteiger partial charge in [0.2, 0.25) is 0 Å². The van der Waals surface area contributed by atoms with Crippen LogP contribution in [0.2, 0.25) is 0 Å². The largest absolute Gasteiger partial charge is 0.460 e. The predicted molar refractivity (Wildman–Crippen MR) is 75.8 cm³/mol. The molecule has 0 aromatic rings. The SMILES string of the molecule is CC(C)(C)OC(=O)C[C@H]1C[C@@H](CCN)OC(C)(C)C1. The molecule has 19 heavy (non-hydrogen) atoms. The third kappa shape index (κ3) is 6.39. The fourth-order valence-electron chi connectivity index (χ4n) is 2.83. The highest BCUT2D eigenvalue weighted by Crippen LogP contribution is 2.35. The van der Waals surface area contributed by atoms with E-state index >= 15 is 0 Å². The average Bonchev–Trinajstić information content (AvgIpc) is 2.10. The van der Waals surface area contributed by atoms with Gasteiger partial charge in [-0.3, -0.25) is 4.79 Å². The fraction of sp³-hybridized carbons (Fsp3) is 0.933. The van der Waals surface area contributed by atoms with Crippen LogP contribution in [-0.4, -0.2) is 29.8 Å². The lowest BCUT2D eigenvalue weighted by molar-refractivity contribution is -0.161. The smallest absolute Gasteiger partial charge is 0.306 e. The second kappa shape index (κ2) is 6.23. The van der Waals surface area contributed by atoms with Crippen LogP contribution in [0.3, 0.4) is 0 Å². The van der Waals surface area contributed by atoms with Crippen LogP contribution in [0, 0.1) is 5.92 Å². The Labute approximate surface area is 117 Å². The first-order valence-corrected chi connectivity index (χ1v) is 7.21. The summed E-state index contributed by atoms with van der Waals surface area (Å²) in [6.07, 6.45) is 3.30. The molecule has 1 heterocycles. The van der Waals surface area contributed by atoms with Crippen molar-refractivity contribution >= 4 is 5.97 Å². The molecule has 1 aliphatic rings. The van der Waals surface area contributed by atoms with Crippen molar-refractivity contribution in [1.29, 1.82) is 0 Å². The van der Waals surface area contributed by atoms with Gasteiger partial charge in [0.1, 0.15) is 5.60 Å². The van der Waals surface area contributed by atoms with Crippen molar-refractivity contribution in [1.82, 2.24) is 0 Å². The molecule has 0 bridgehead atoms. The number of hydrogen-bond donors (Lipinski definition) is 1. The van der Waals surface area contributed by atoms with Crippen molar-refractivity contribution in [3.63, 3.8) is 0 Å². The van der Waals surface area contributed by atoms with Gasteiger partial charge in [-0.1, -0.05) is 0 Å². The maximum atomic E-state index is 11.9. The molecular formula is C15H29NO3. The molecule has 0 unspecified atom stereocenters. The minimum absolute atomic E-state index is 0.110. The molecule has 1 saturated heterocycles. The van der Waals surface area contributed by atoms with Crippen molar-refractivity contribution in [3.8, 4) is 0 Å². The predicted octanol–water partition coefficient (Wildman–Crippen LogP) is 2.64. The highest BCUT2D eigenvalue weighted by atomic mass is 16.6. The molecule has 0 aromatic carbocycles. The zero-order chi connectivity index (χ0) is 14.7. The molecule has 0 saturated carbocycles. The van der Waals surface area contributed by atoms with Crippen LogP contribution >= 0.6 is 0 Å². The summed E-state index contributed by atoms with van der Waals surface area (Å²) in [5.41, 5.74) is 5.02. The van der Waals surface area contributed by atoms with Crippen LogP contribution < -0.4 is 5.73 Å². The van der Waals surface area contributed by atoms with Gasteiger partial charge in [0, 0.05) is 6.42 Å². The molecule has 4 heteroatoms. The van der Waals surface area contributed by atoms with E-state index in [9.17, 15) is 4.79 Å². The standard InChI is InChI=1S/C15H29NO3/c1-14(2,3)19-13(17)9-11-8-12(6-7-16)18-15(4,5)10-11/h11-12H,6-10,16H2,1-5H3/t11-,12-/m1/s1. The summed E-state index contributed by atoms with van der Waals surface area (Å²) < 4.78 is 11.4. The Morgan fingerprint density at radius 3 is 2.58 bits per heavy atom. The van der Waals surface area contributed by atoms with Crippen LogP contribution in [0.25, 0.3) is 0 Å². The topological polar surface area (TPSA) is 61.5 Å². The van der Waals surface area contributed by atoms with Gasteiger partial charge in [-0.25, -0.2) is 0 Å². The lowest BCUT2D eigenvalue weighted by Gasteiger charge is -2.40. The summed E-state index contributed by atoms with van der Waals surface area (Å²) in [7, 11) is 0. The maximum Gasteiger partial charge on any atom is 0.306 e. The summed E-state index contributed by atoms with van der Waals surface area (Å²) in [6, 6.07) is 0. The first-order valence-electron chi connectivity index (χ1n) is 7.21. The Kier molecular flexibility index (Phi) is 5.39. The average molecular weight is 271 g/mol. The van der Waals surface area contributed by atoms with E-state index in [-0.39, 0.29) is 17.7 Å². The molecule has 2 N–H and O–H groups in total. The monoisotopic (exact) mass is 271 g/mol. The zero-order valence-electron chi connectivity index (χ0n) is 13.0. The van der Waals surface area contributed by atoms with Gasteiger partial charge in [0.25, 0.3) is 0 Å². The highest BCUT2D eigenvalue weighted by molar-refractivity contribution is 5.70. The van der Waals surface area contributed by atoms with Crippen molar-refractivity contribution < 1.29 is 14.3 Å². The van der Waals surface area contributed by atoms with E-state index in [4.69, 9.17) is 15.2 Å². The van der Waals surface area contributed by atoms with E-state index in [0.717, 1.165) is 19.3 Å². The second-order valence-electron chi connectivity index (χ2n) is 7.17. The van der Waals surface area contributed by atoms with Gasteiger partial charge < -0.3 is 15.2 Å². The zero-order valence-corrected chi connectivity index (χ0v) is 13.0. The van der Waals surface area contributed by atoms with Crippen LogP contribution in [0.1, 0.15) is 60.3 Å². The number of rotatable bonds is 4. The van der Waals surface area contributed by atoms with E-state index in [2.05, 4.69) is 13.8 Å². The molecule has 112 valence electrons. The van der Waals surface area contributed by atoms with Crippen molar-refractivity contribution in [2.45, 2.75) is 77.6 Å². The summed E-state index contributed by atoms with van der Waals surface area (Å²) in [5.74, 6) is 0.219. The van der Waals surface area contributed by atoms with E-state index in [0.29, 0.717) is 18.9 Å². The molecule has 0 radical (unpaired) electrons. The molecule has 4 nitrogen and oxygen atoms in total. The first-order chi connectivity index (χ1) is 8.61. The molecule has 0 aliphatic carbocycles. The number of hydrogen-bond acceptors (Lipinski definition) is 4. The number of ether oxygens (including phenoxy) is 2. The Balaban J connectivity index is 2.54. The Bertz CT molecular complexity index is 307. The van der Waals surface area contributed by atoms with Crippen molar-refractivity contribution in [3.05, 3.63) is 0 Å². The normalized spacial score (nSPS) is 27.1. The molecule has 0 amide bonds. The van der Waals surface area contributed by atoms with E-state index < -0.39 is 5.60 Å². The first kappa shape index (κ1) is 16.4. The van der Waals surface area contributed by atoms with E-state index in [1.54, 1.807) is 0 Å². The number of carbonyl (C=O) groups is 1. The van der Waals surface area contributed by atoms with Crippen molar-refractivity contribution in [2.75, 3.05) is 6.54 Å². The van der Waals surface area contributed by atoms with Crippen molar-refractivity contribution in [2.24, 2.45) is 11.7 Å².